The Morgan fingerprint density at radius 3 is 2.20 bits per heavy atom. The van der Waals surface area contributed by atoms with Crippen LogP contribution in [-0.4, -0.2) is 4.98 Å². The number of benzene rings is 1. The van der Waals surface area contributed by atoms with Crippen LogP contribution in [0.2, 0.25) is 0 Å². The van der Waals surface area contributed by atoms with Gasteiger partial charge in [-0.25, -0.2) is 0 Å². The molecule has 0 amide bonds. The fourth-order valence-electron chi connectivity index (χ4n) is 1.65. The van der Waals surface area contributed by atoms with E-state index in [0.29, 0.717) is 0 Å². The van der Waals surface area contributed by atoms with Gasteiger partial charge in [-0.15, -0.1) is 0 Å². The zero-order chi connectivity index (χ0) is 10.8. The molecule has 0 saturated carbocycles. The van der Waals surface area contributed by atoms with E-state index in [9.17, 15) is 0 Å². The molecule has 0 fully saturated rings. The van der Waals surface area contributed by atoms with E-state index in [0.717, 1.165) is 5.69 Å². The molecule has 0 unspecified atom stereocenters. The summed E-state index contributed by atoms with van der Waals surface area (Å²) in [4.78, 5) is 4.21. The lowest BCUT2D eigenvalue weighted by Crippen LogP contribution is -1.85. The lowest BCUT2D eigenvalue weighted by molar-refractivity contribution is 1.20. The first-order valence-corrected chi connectivity index (χ1v) is 5.17. The zero-order valence-electron chi connectivity index (χ0n) is 9.41. The molecule has 0 spiro atoms. The highest BCUT2D eigenvalue weighted by Crippen LogP contribution is 2.21. The van der Waals surface area contributed by atoms with Crippen LogP contribution in [-0.2, 0) is 0 Å². The third-order valence-electron chi connectivity index (χ3n) is 2.74. The van der Waals surface area contributed by atoms with Crippen LogP contribution in [0.15, 0.2) is 36.5 Å². The Balaban J connectivity index is 2.50. The van der Waals surface area contributed by atoms with Gasteiger partial charge in [0.25, 0.3) is 0 Å². The normalized spacial score (nSPS) is 10.3. The van der Waals surface area contributed by atoms with Crippen molar-refractivity contribution in [3.05, 3.63) is 53.3 Å². The summed E-state index contributed by atoms with van der Waals surface area (Å²) in [6, 6.07) is 10.7. The van der Waals surface area contributed by atoms with Gasteiger partial charge in [-0.2, -0.15) is 0 Å². The van der Waals surface area contributed by atoms with E-state index in [1.54, 1.807) is 0 Å². The Morgan fingerprint density at radius 1 is 0.800 bits per heavy atom. The standard InChI is InChI=1S/C14H15N/c1-10-4-5-13(8-11(10)2)14-6-7-15-12(3)9-14/h4-9H,1-3H3. The topological polar surface area (TPSA) is 12.9 Å². The van der Waals surface area contributed by atoms with Gasteiger partial charge in [0.05, 0.1) is 0 Å². The van der Waals surface area contributed by atoms with Crippen molar-refractivity contribution in [3.63, 3.8) is 0 Å². The maximum Gasteiger partial charge on any atom is 0.0378 e. The smallest absolute Gasteiger partial charge is 0.0378 e. The van der Waals surface area contributed by atoms with Crippen LogP contribution in [0.25, 0.3) is 11.1 Å². The summed E-state index contributed by atoms with van der Waals surface area (Å²) in [5.74, 6) is 0. The molecular formula is C14H15N. The highest BCUT2D eigenvalue weighted by Gasteiger charge is 1.99. The van der Waals surface area contributed by atoms with Crippen LogP contribution in [0.3, 0.4) is 0 Å². The lowest BCUT2D eigenvalue weighted by Gasteiger charge is -2.05. The van der Waals surface area contributed by atoms with Crippen molar-refractivity contribution >= 4 is 0 Å². The summed E-state index contributed by atoms with van der Waals surface area (Å²) in [5.41, 5.74) is 6.24. The SMILES string of the molecule is Cc1cc(-c2ccc(C)c(C)c2)ccn1. The fraction of sp³-hybridized carbons (Fsp3) is 0.214. The molecule has 0 bridgehead atoms. The average Bonchev–Trinajstić information content (AvgIpc) is 2.22. The van der Waals surface area contributed by atoms with E-state index in [-0.39, 0.29) is 0 Å². The number of nitrogens with zero attached hydrogens (tertiary/aromatic N) is 1. The predicted molar refractivity (Wildman–Crippen MR) is 63.9 cm³/mol. The van der Waals surface area contributed by atoms with E-state index in [1.807, 2.05) is 13.1 Å². The van der Waals surface area contributed by atoms with Gasteiger partial charge in [-0.3, -0.25) is 4.98 Å². The van der Waals surface area contributed by atoms with Crippen molar-refractivity contribution in [2.24, 2.45) is 0 Å². The van der Waals surface area contributed by atoms with Crippen LogP contribution in [0, 0.1) is 20.8 Å². The van der Waals surface area contributed by atoms with Crippen molar-refractivity contribution in [1.82, 2.24) is 4.98 Å². The van der Waals surface area contributed by atoms with Crippen molar-refractivity contribution in [3.8, 4) is 11.1 Å². The van der Waals surface area contributed by atoms with Gasteiger partial charge >= 0.3 is 0 Å². The molecule has 76 valence electrons. The maximum absolute atomic E-state index is 4.21. The fourth-order valence-corrected chi connectivity index (χ4v) is 1.65. The minimum Gasteiger partial charge on any atom is -0.262 e. The molecule has 0 radical (unpaired) electrons. The Bertz CT molecular complexity index is 486. The molecule has 2 rings (SSSR count). The summed E-state index contributed by atoms with van der Waals surface area (Å²) in [7, 11) is 0. The Hall–Kier alpha value is -1.63. The molecule has 1 heteroatoms. The quantitative estimate of drug-likeness (QED) is 0.679. The molecule has 0 aliphatic carbocycles. The second kappa shape index (κ2) is 3.85. The molecular weight excluding hydrogens is 182 g/mol. The van der Waals surface area contributed by atoms with Gasteiger partial charge in [-0.05, 0) is 55.2 Å². The third-order valence-corrected chi connectivity index (χ3v) is 2.74. The number of hydrogen-bond acceptors (Lipinski definition) is 1. The van der Waals surface area contributed by atoms with Crippen LogP contribution in [0.1, 0.15) is 16.8 Å². The largest absolute Gasteiger partial charge is 0.262 e. The van der Waals surface area contributed by atoms with Gasteiger partial charge in [-0.1, -0.05) is 18.2 Å². The maximum atomic E-state index is 4.21. The van der Waals surface area contributed by atoms with Gasteiger partial charge in [0, 0.05) is 11.9 Å². The van der Waals surface area contributed by atoms with Crippen molar-refractivity contribution in [1.29, 1.82) is 0 Å². The first-order chi connectivity index (χ1) is 7.16. The molecule has 0 aliphatic rings. The third kappa shape index (κ3) is 2.07. The molecule has 0 aliphatic heterocycles. The van der Waals surface area contributed by atoms with Gasteiger partial charge in [0.2, 0.25) is 0 Å². The average molecular weight is 197 g/mol. The number of pyridine rings is 1. The molecule has 0 saturated heterocycles. The van der Waals surface area contributed by atoms with E-state index in [4.69, 9.17) is 0 Å². The molecule has 1 aromatic carbocycles. The minimum atomic E-state index is 1.06. The van der Waals surface area contributed by atoms with Crippen LogP contribution in [0.4, 0.5) is 0 Å². The highest BCUT2D eigenvalue weighted by molar-refractivity contribution is 5.64. The second-order valence-corrected chi connectivity index (χ2v) is 3.98. The van der Waals surface area contributed by atoms with E-state index >= 15 is 0 Å². The molecule has 0 atom stereocenters. The number of rotatable bonds is 1. The van der Waals surface area contributed by atoms with E-state index < -0.39 is 0 Å². The predicted octanol–water partition coefficient (Wildman–Crippen LogP) is 3.67. The Labute approximate surface area is 90.8 Å². The molecule has 1 aromatic heterocycles. The Kier molecular flexibility index (Phi) is 2.55. The minimum absolute atomic E-state index is 1.06. The Morgan fingerprint density at radius 2 is 1.53 bits per heavy atom. The van der Waals surface area contributed by atoms with Crippen LogP contribution in [0.5, 0.6) is 0 Å². The van der Waals surface area contributed by atoms with Crippen molar-refractivity contribution < 1.29 is 0 Å². The van der Waals surface area contributed by atoms with Gasteiger partial charge in [0.1, 0.15) is 0 Å². The molecule has 2 aromatic rings. The van der Waals surface area contributed by atoms with E-state index in [1.165, 1.54) is 22.3 Å². The summed E-state index contributed by atoms with van der Waals surface area (Å²) < 4.78 is 0. The van der Waals surface area contributed by atoms with E-state index in [2.05, 4.69) is 49.2 Å². The van der Waals surface area contributed by atoms with Crippen LogP contribution >= 0.6 is 0 Å². The highest BCUT2D eigenvalue weighted by atomic mass is 14.6. The number of aromatic nitrogens is 1. The van der Waals surface area contributed by atoms with Crippen LogP contribution < -0.4 is 0 Å². The summed E-state index contributed by atoms with van der Waals surface area (Å²) in [5, 5.41) is 0. The summed E-state index contributed by atoms with van der Waals surface area (Å²) in [6.07, 6.45) is 1.86. The second-order valence-electron chi connectivity index (χ2n) is 3.98. The number of hydrogen-bond donors (Lipinski definition) is 0. The monoisotopic (exact) mass is 197 g/mol. The molecule has 15 heavy (non-hydrogen) atoms. The first kappa shape index (κ1) is 9.91. The van der Waals surface area contributed by atoms with Gasteiger partial charge < -0.3 is 0 Å². The van der Waals surface area contributed by atoms with Crippen molar-refractivity contribution in [2.75, 3.05) is 0 Å². The molecule has 0 N–H and O–H groups in total. The number of aryl methyl sites for hydroxylation is 3. The molecule has 1 nitrogen and oxygen atoms in total. The summed E-state index contributed by atoms with van der Waals surface area (Å²) in [6.45, 7) is 6.30. The molecule has 1 heterocycles. The zero-order valence-corrected chi connectivity index (χ0v) is 9.41. The first-order valence-electron chi connectivity index (χ1n) is 5.17. The van der Waals surface area contributed by atoms with Gasteiger partial charge in [0.15, 0.2) is 0 Å². The summed E-state index contributed by atoms with van der Waals surface area (Å²) >= 11 is 0. The van der Waals surface area contributed by atoms with Crippen molar-refractivity contribution in [2.45, 2.75) is 20.8 Å². The lowest BCUT2D eigenvalue weighted by atomic mass is 10.0.